The van der Waals surface area contributed by atoms with Crippen LogP contribution in [-0.4, -0.2) is 17.7 Å². The van der Waals surface area contributed by atoms with Crippen molar-refractivity contribution in [1.82, 2.24) is 0 Å². The molecule has 0 spiro atoms. The lowest BCUT2D eigenvalue weighted by Gasteiger charge is -2.04. The van der Waals surface area contributed by atoms with Gasteiger partial charge in [0, 0.05) is 0 Å². The molecule has 0 bridgehead atoms. The van der Waals surface area contributed by atoms with Crippen LogP contribution in [0.15, 0.2) is 12.1 Å². The van der Waals surface area contributed by atoms with Crippen LogP contribution in [0, 0.1) is 5.82 Å². The Balaban J connectivity index is 2.64. The van der Waals surface area contributed by atoms with Crippen LogP contribution in [0.25, 0.3) is 0 Å². The van der Waals surface area contributed by atoms with Gasteiger partial charge < -0.3 is 15.6 Å². The molecule has 14 heavy (non-hydrogen) atoms. The zero-order chi connectivity index (χ0) is 10.3. The molecule has 4 nitrogen and oxygen atoms in total. The highest BCUT2D eigenvalue weighted by Crippen LogP contribution is 2.36. The van der Waals surface area contributed by atoms with Gasteiger partial charge in [-0.05, 0) is 12.1 Å². The number of benzene rings is 1. The van der Waals surface area contributed by atoms with Crippen molar-refractivity contribution in [3.63, 3.8) is 0 Å². The van der Waals surface area contributed by atoms with Gasteiger partial charge >= 0.3 is 5.97 Å². The summed E-state index contributed by atoms with van der Waals surface area (Å²) in [7, 11) is 0. The summed E-state index contributed by atoms with van der Waals surface area (Å²) in [6.45, 7) is 0.122. The summed E-state index contributed by atoms with van der Waals surface area (Å²) in [5.41, 5.74) is 5.67. The average molecular weight is 197 g/mol. The number of carboxylic acids is 1. The van der Waals surface area contributed by atoms with Crippen LogP contribution in [0.3, 0.4) is 0 Å². The molecule has 1 unspecified atom stereocenters. The summed E-state index contributed by atoms with van der Waals surface area (Å²) >= 11 is 0. The highest BCUT2D eigenvalue weighted by Gasteiger charge is 2.29. The molecule has 0 aromatic heterocycles. The summed E-state index contributed by atoms with van der Waals surface area (Å²) in [6.07, 6.45) is 0. The highest BCUT2D eigenvalue weighted by atomic mass is 19.1. The minimum atomic E-state index is -1.14. The van der Waals surface area contributed by atoms with Crippen LogP contribution < -0.4 is 10.5 Å². The van der Waals surface area contributed by atoms with Crippen LogP contribution in [0.2, 0.25) is 0 Å². The Morgan fingerprint density at radius 3 is 3.00 bits per heavy atom. The van der Waals surface area contributed by atoms with E-state index in [9.17, 15) is 9.18 Å². The molecule has 2 rings (SSSR count). The number of nitrogens with two attached hydrogens (primary N) is 1. The van der Waals surface area contributed by atoms with Gasteiger partial charge in [0.1, 0.15) is 23.7 Å². The molecular weight excluding hydrogens is 189 g/mol. The quantitative estimate of drug-likeness (QED) is 0.702. The molecular formula is C9H8FNO3. The van der Waals surface area contributed by atoms with Crippen molar-refractivity contribution in [2.75, 3.05) is 6.61 Å². The van der Waals surface area contributed by atoms with Gasteiger partial charge in [0.15, 0.2) is 0 Å². The molecule has 0 saturated heterocycles. The van der Waals surface area contributed by atoms with E-state index in [2.05, 4.69) is 0 Å². The molecule has 1 atom stereocenters. The zero-order valence-electron chi connectivity index (χ0n) is 7.16. The summed E-state index contributed by atoms with van der Waals surface area (Å²) in [5.74, 6) is -1.60. The molecule has 1 aromatic rings. The second-order valence-corrected chi connectivity index (χ2v) is 3.06. The van der Waals surface area contributed by atoms with Crippen molar-refractivity contribution in [2.45, 2.75) is 6.04 Å². The highest BCUT2D eigenvalue weighted by molar-refractivity contribution is 5.91. The Labute approximate surface area is 79.1 Å². The molecule has 1 aliphatic rings. The number of ether oxygens (including phenoxy) is 1. The van der Waals surface area contributed by atoms with Gasteiger partial charge in [-0.1, -0.05) is 0 Å². The maximum atomic E-state index is 13.2. The largest absolute Gasteiger partial charge is 0.490 e. The Morgan fingerprint density at radius 1 is 1.64 bits per heavy atom. The van der Waals surface area contributed by atoms with Crippen LogP contribution in [-0.2, 0) is 0 Å². The van der Waals surface area contributed by atoms with E-state index in [0.717, 1.165) is 6.07 Å². The molecule has 0 aliphatic carbocycles. The van der Waals surface area contributed by atoms with Gasteiger partial charge in [-0.3, -0.25) is 0 Å². The number of aromatic carboxylic acids is 1. The molecule has 0 amide bonds. The van der Waals surface area contributed by atoms with Gasteiger partial charge in [0.2, 0.25) is 0 Å². The van der Waals surface area contributed by atoms with Gasteiger partial charge in [-0.2, -0.15) is 0 Å². The van der Waals surface area contributed by atoms with Gasteiger partial charge in [0.25, 0.3) is 0 Å². The fourth-order valence-electron chi connectivity index (χ4n) is 1.50. The number of hydrogen-bond donors (Lipinski definition) is 2. The number of hydrogen-bond acceptors (Lipinski definition) is 3. The predicted octanol–water partition coefficient (Wildman–Crippen LogP) is 0.916. The topological polar surface area (TPSA) is 72.5 Å². The molecule has 1 aromatic carbocycles. The Bertz CT molecular complexity index is 405. The van der Waals surface area contributed by atoms with E-state index >= 15 is 0 Å². The lowest BCUT2D eigenvalue weighted by molar-refractivity contribution is 0.0693. The molecule has 5 heteroatoms. The van der Waals surface area contributed by atoms with Gasteiger partial charge in [0.05, 0.1) is 11.6 Å². The lowest BCUT2D eigenvalue weighted by Crippen LogP contribution is -2.12. The standard InChI is InChI=1S/C9H8FNO3/c10-5-2-1-4(9(12)13)8-7(5)6(11)3-14-8/h1-2,6H,3,11H2,(H,12,13). The zero-order valence-corrected chi connectivity index (χ0v) is 7.16. The number of carbonyl (C=O) groups is 1. The fourth-order valence-corrected chi connectivity index (χ4v) is 1.50. The first-order valence-corrected chi connectivity index (χ1v) is 4.05. The third-order valence-corrected chi connectivity index (χ3v) is 2.15. The Kier molecular flexibility index (Phi) is 1.89. The minimum Gasteiger partial charge on any atom is -0.490 e. The molecule has 3 N–H and O–H groups in total. The number of fused-ring (bicyclic) bond motifs is 1. The van der Waals surface area contributed by atoms with E-state index in [-0.39, 0.29) is 23.5 Å². The lowest BCUT2D eigenvalue weighted by atomic mass is 10.0. The van der Waals surface area contributed by atoms with Crippen LogP contribution in [0.4, 0.5) is 4.39 Å². The summed E-state index contributed by atoms with van der Waals surface area (Å²) in [4.78, 5) is 10.7. The van der Waals surface area contributed by atoms with E-state index in [1.165, 1.54) is 6.07 Å². The van der Waals surface area contributed by atoms with Crippen molar-refractivity contribution in [3.05, 3.63) is 29.1 Å². The number of halogens is 1. The second-order valence-electron chi connectivity index (χ2n) is 3.06. The monoisotopic (exact) mass is 197 g/mol. The number of rotatable bonds is 1. The average Bonchev–Trinajstić information content (AvgIpc) is 2.49. The van der Waals surface area contributed by atoms with Crippen LogP contribution in [0.5, 0.6) is 5.75 Å². The van der Waals surface area contributed by atoms with E-state index in [1.54, 1.807) is 0 Å². The molecule has 1 heterocycles. The van der Waals surface area contributed by atoms with Crippen molar-refractivity contribution in [1.29, 1.82) is 0 Å². The molecule has 1 aliphatic heterocycles. The SMILES string of the molecule is NC1COc2c(C(=O)O)ccc(F)c21. The van der Waals surface area contributed by atoms with Gasteiger partial charge in [-0.15, -0.1) is 0 Å². The van der Waals surface area contributed by atoms with E-state index in [0.29, 0.717) is 0 Å². The Hall–Kier alpha value is -1.62. The summed E-state index contributed by atoms with van der Waals surface area (Å²) in [5, 5.41) is 8.78. The first kappa shape index (κ1) is 8.96. The fraction of sp³-hybridized carbons (Fsp3) is 0.222. The van der Waals surface area contributed by atoms with E-state index in [1.807, 2.05) is 0 Å². The molecule has 0 saturated carbocycles. The van der Waals surface area contributed by atoms with E-state index in [4.69, 9.17) is 15.6 Å². The third-order valence-electron chi connectivity index (χ3n) is 2.15. The maximum absolute atomic E-state index is 13.2. The van der Waals surface area contributed by atoms with Crippen molar-refractivity contribution < 1.29 is 19.0 Å². The second kappa shape index (κ2) is 2.95. The van der Waals surface area contributed by atoms with Crippen LogP contribution in [0.1, 0.15) is 22.0 Å². The van der Waals surface area contributed by atoms with Crippen molar-refractivity contribution in [2.24, 2.45) is 5.73 Å². The van der Waals surface area contributed by atoms with E-state index < -0.39 is 17.8 Å². The van der Waals surface area contributed by atoms with Gasteiger partial charge in [-0.25, -0.2) is 9.18 Å². The molecule has 74 valence electrons. The Morgan fingerprint density at radius 2 is 2.36 bits per heavy atom. The molecule has 0 fully saturated rings. The molecule has 0 radical (unpaired) electrons. The predicted molar refractivity (Wildman–Crippen MR) is 45.8 cm³/mol. The summed E-state index contributed by atoms with van der Waals surface area (Å²) in [6, 6.07) is 1.69. The number of carboxylic acid groups (broad SMARTS) is 1. The minimum absolute atomic E-state index is 0.0469. The smallest absolute Gasteiger partial charge is 0.339 e. The van der Waals surface area contributed by atoms with Crippen molar-refractivity contribution >= 4 is 5.97 Å². The summed E-state index contributed by atoms with van der Waals surface area (Å²) < 4.78 is 18.3. The third kappa shape index (κ3) is 1.13. The maximum Gasteiger partial charge on any atom is 0.339 e. The normalized spacial score (nSPS) is 18.9. The van der Waals surface area contributed by atoms with Crippen molar-refractivity contribution in [3.8, 4) is 5.75 Å². The first-order valence-electron chi connectivity index (χ1n) is 4.05. The van der Waals surface area contributed by atoms with Crippen LogP contribution >= 0.6 is 0 Å². The first-order chi connectivity index (χ1) is 6.61.